The van der Waals surface area contributed by atoms with Crippen LogP contribution in [0.1, 0.15) is 34.6 Å². The largest absolute Gasteiger partial charge is 0.444 e. The predicted molar refractivity (Wildman–Crippen MR) is 68.9 cm³/mol. The highest BCUT2D eigenvalue weighted by Gasteiger charge is 2.11. The summed E-state index contributed by atoms with van der Waals surface area (Å²) in [7, 11) is 0. The highest BCUT2D eigenvalue weighted by Crippen LogP contribution is 2.03. The van der Waals surface area contributed by atoms with Gasteiger partial charge in [-0.05, 0) is 6.92 Å². The van der Waals surface area contributed by atoms with Gasteiger partial charge in [-0.15, -0.1) is 0 Å². The molecule has 0 unspecified atom stereocenters. The molecule has 0 radical (unpaired) electrons. The van der Waals surface area contributed by atoms with Crippen LogP contribution in [0.15, 0.2) is 27.7 Å². The van der Waals surface area contributed by atoms with E-state index in [1.165, 1.54) is 12.3 Å². The molecule has 2 aromatic rings. The molecule has 6 nitrogen and oxygen atoms in total. The third-order valence-corrected chi connectivity index (χ3v) is 2.65. The van der Waals surface area contributed by atoms with Gasteiger partial charge < -0.3 is 14.7 Å². The maximum Gasteiger partial charge on any atom is 0.257 e. The first kappa shape index (κ1) is 13.1. The Hall–Kier alpha value is -2.37. The molecule has 100 valence electrons. The third-order valence-electron chi connectivity index (χ3n) is 2.65. The van der Waals surface area contributed by atoms with Crippen molar-refractivity contribution in [3.8, 4) is 0 Å². The van der Waals surface area contributed by atoms with Gasteiger partial charge in [0, 0.05) is 24.4 Å². The van der Waals surface area contributed by atoms with Crippen molar-refractivity contribution in [3.05, 3.63) is 51.6 Å². The zero-order valence-corrected chi connectivity index (χ0v) is 10.8. The lowest BCUT2D eigenvalue weighted by Crippen LogP contribution is -2.28. The van der Waals surface area contributed by atoms with E-state index < -0.39 is 5.91 Å². The second-order valence-corrected chi connectivity index (χ2v) is 4.15. The van der Waals surface area contributed by atoms with Gasteiger partial charge in [-0.2, -0.15) is 0 Å². The van der Waals surface area contributed by atoms with E-state index in [-0.39, 0.29) is 17.5 Å². The first-order valence-corrected chi connectivity index (χ1v) is 6.01. The van der Waals surface area contributed by atoms with E-state index in [1.807, 2.05) is 6.92 Å². The van der Waals surface area contributed by atoms with E-state index >= 15 is 0 Å². The number of pyridine rings is 1. The van der Waals surface area contributed by atoms with Gasteiger partial charge in [0.15, 0.2) is 5.43 Å². The fourth-order valence-electron chi connectivity index (χ4n) is 1.59. The molecule has 2 N–H and O–H groups in total. The Labute approximate surface area is 109 Å². The first-order chi connectivity index (χ1) is 9.10. The Bertz CT molecular complexity index is 643. The van der Waals surface area contributed by atoms with E-state index in [0.717, 1.165) is 12.2 Å². The second kappa shape index (κ2) is 5.51. The average molecular weight is 261 g/mol. The minimum Gasteiger partial charge on any atom is -0.444 e. The van der Waals surface area contributed by atoms with Gasteiger partial charge in [0.2, 0.25) is 5.89 Å². The highest BCUT2D eigenvalue weighted by molar-refractivity contribution is 5.93. The standard InChI is InChI=1S/C13H15N3O3/c1-3-9-5-15-12(19-9)7-16-13(18)10-6-14-8(2)4-11(10)17/h4-6H,3,7H2,1-2H3,(H,14,17)(H,16,18). The van der Waals surface area contributed by atoms with Gasteiger partial charge in [0.25, 0.3) is 5.91 Å². The Morgan fingerprint density at radius 3 is 2.95 bits per heavy atom. The van der Waals surface area contributed by atoms with Crippen LogP contribution in [0.5, 0.6) is 0 Å². The smallest absolute Gasteiger partial charge is 0.257 e. The summed E-state index contributed by atoms with van der Waals surface area (Å²) in [5, 5.41) is 2.60. The number of rotatable bonds is 4. The van der Waals surface area contributed by atoms with Crippen molar-refractivity contribution in [1.82, 2.24) is 15.3 Å². The van der Waals surface area contributed by atoms with E-state index in [1.54, 1.807) is 13.1 Å². The number of carbonyl (C=O) groups is 1. The molecule has 0 spiro atoms. The average Bonchev–Trinajstić information content (AvgIpc) is 2.84. The van der Waals surface area contributed by atoms with Gasteiger partial charge in [0.05, 0.1) is 12.7 Å². The summed E-state index contributed by atoms with van der Waals surface area (Å²) in [5.41, 5.74) is 0.477. The van der Waals surface area contributed by atoms with E-state index in [4.69, 9.17) is 4.42 Å². The first-order valence-electron chi connectivity index (χ1n) is 6.01. The highest BCUT2D eigenvalue weighted by atomic mass is 16.4. The second-order valence-electron chi connectivity index (χ2n) is 4.15. The molecular weight excluding hydrogens is 246 g/mol. The summed E-state index contributed by atoms with van der Waals surface area (Å²) >= 11 is 0. The lowest BCUT2D eigenvalue weighted by molar-refractivity contribution is 0.0945. The Morgan fingerprint density at radius 2 is 2.32 bits per heavy atom. The van der Waals surface area contributed by atoms with Crippen LogP contribution in [0.3, 0.4) is 0 Å². The lowest BCUT2D eigenvalue weighted by atomic mass is 10.2. The molecule has 0 aliphatic rings. The molecule has 0 bridgehead atoms. The summed E-state index contributed by atoms with van der Waals surface area (Å²) in [4.78, 5) is 30.3. The Balaban J connectivity index is 2.03. The molecule has 0 aliphatic heterocycles. The van der Waals surface area contributed by atoms with Crippen LogP contribution in [0.25, 0.3) is 0 Å². The Morgan fingerprint density at radius 1 is 1.53 bits per heavy atom. The number of hydrogen-bond donors (Lipinski definition) is 2. The van der Waals surface area contributed by atoms with Crippen molar-refractivity contribution in [2.24, 2.45) is 0 Å². The van der Waals surface area contributed by atoms with Crippen molar-refractivity contribution in [1.29, 1.82) is 0 Å². The molecule has 0 atom stereocenters. The van der Waals surface area contributed by atoms with Gasteiger partial charge in [-0.25, -0.2) is 4.98 Å². The van der Waals surface area contributed by atoms with E-state index in [9.17, 15) is 9.59 Å². The molecule has 2 heterocycles. The molecule has 2 aromatic heterocycles. The normalized spacial score (nSPS) is 10.4. The van der Waals surface area contributed by atoms with Crippen LogP contribution in [0.4, 0.5) is 0 Å². The van der Waals surface area contributed by atoms with Crippen LogP contribution >= 0.6 is 0 Å². The number of oxazole rings is 1. The summed E-state index contributed by atoms with van der Waals surface area (Å²) < 4.78 is 5.36. The van der Waals surface area contributed by atoms with Crippen molar-refractivity contribution in [2.75, 3.05) is 0 Å². The molecule has 1 amide bonds. The maximum absolute atomic E-state index is 11.8. The minimum absolute atomic E-state index is 0.0767. The quantitative estimate of drug-likeness (QED) is 0.864. The van der Waals surface area contributed by atoms with Crippen molar-refractivity contribution < 1.29 is 9.21 Å². The van der Waals surface area contributed by atoms with E-state index in [2.05, 4.69) is 15.3 Å². The zero-order chi connectivity index (χ0) is 13.8. The number of nitrogens with zero attached hydrogens (tertiary/aromatic N) is 1. The fourth-order valence-corrected chi connectivity index (χ4v) is 1.59. The third kappa shape index (κ3) is 3.09. The van der Waals surface area contributed by atoms with Gasteiger partial charge in [-0.3, -0.25) is 9.59 Å². The van der Waals surface area contributed by atoms with E-state index in [0.29, 0.717) is 11.6 Å². The summed E-state index contributed by atoms with van der Waals surface area (Å²) in [6.07, 6.45) is 3.78. The van der Waals surface area contributed by atoms with Crippen LogP contribution in [0.2, 0.25) is 0 Å². The molecule has 0 aliphatic carbocycles. The van der Waals surface area contributed by atoms with Crippen molar-refractivity contribution >= 4 is 5.91 Å². The lowest BCUT2D eigenvalue weighted by Gasteiger charge is -2.02. The molecule has 0 fully saturated rings. The number of hydrogen-bond acceptors (Lipinski definition) is 4. The number of carbonyl (C=O) groups excluding carboxylic acids is 1. The van der Waals surface area contributed by atoms with Gasteiger partial charge in [-0.1, -0.05) is 6.92 Å². The van der Waals surface area contributed by atoms with Crippen LogP contribution in [0, 0.1) is 6.92 Å². The summed E-state index contributed by atoms with van der Waals surface area (Å²) in [5.74, 6) is 0.740. The van der Waals surface area contributed by atoms with Crippen molar-refractivity contribution in [2.45, 2.75) is 26.8 Å². The number of aromatic amines is 1. The molecule has 6 heteroatoms. The Kier molecular flexibility index (Phi) is 3.79. The number of aromatic nitrogens is 2. The molecule has 0 saturated heterocycles. The molecular formula is C13H15N3O3. The number of aryl methyl sites for hydroxylation is 2. The monoisotopic (exact) mass is 261 g/mol. The zero-order valence-electron chi connectivity index (χ0n) is 10.8. The van der Waals surface area contributed by atoms with Gasteiger partial charge in [0.1, 0.15) is 11.3 Å². The molecule has 2 rings (SSSR count). The summed E-state index contributed by atoms with van der Waals surface area (Å²) in [6.45, 7) is 3.86. The fraction of sp³-hybridized carbons (Fsp3) is 0.308. The minimum atomic E-state index is -0.447. The SMILES string of the molecule is CCc1cnc(CNC(=O)c2c[nH]c(C)cc2=O)o1. The van der Waals surface area contributed by atoms with Crippen molar-refractivity contribution in [3.63, 3.8) is 0 Å². The number of amides is 1. The van der Waals surface area contributed by atoms with Crippen LogP contribution < -0.4 is 10.7 Å². The topological polar surface area (TPSA) is 88.0 Å². The molecule has 0 aromatic carbocycles. The van der Waals surface area contributed by atoms with Gasteiger partial charge >= 0.3 is 0 Å². The molecule has 0 saturated carbocycles. The maximum atomic E-state index is 11.8. The van der Waals surface area contributed by atoms with Crippen LogP contribution in [-0.2, 0) is 13.0 Å². The summed E-state index contributed by atoms with van der Waals surface area (Å²) in [6, 6.07) is 1.38. The van der Waals surface area contributed by atoms with Crippen LogP contribution in [-0.4, -0.2) is 15.9 Å². The number of H-pyrrole nitrogens is 1. The molecule has 19 heavy (non-hydrogen) atoms. The predicted octanol–water partition coefficient (Wildman–Crippen LogP) is 1.16. The number of nitrogens with one attached hydrogen (secondary N) is 2.